The summed E-state index contributed by atoms with van der Waals surface area (Å²) in [7, 11) is -2.71. The van der Waals surface area contributed by atoms with Gasteiger partial charge < -0.3 is 4.74 Å². The lowest BCUT2D eigenvalue weighted by molar-refractivity contribution is -0.0303. The molecule has 1 atom stereocenters. The predicted octanol–water partition coefficient (Wildman–Crippen LogP) is 2.56. The normalized spacial score (nSPS) is 20.1. The first-order chi connectivity index (χ1) is 11.2. The van der Waals surface area contributed by atoms with Crippen LogP contribution in [-0.4, -0.2) is 38.0 Å². The number of Topliss-reactive ketones (excluding diaryl/α,β-unsaturated/α-hetero) is 1. The highest BCUT2D eigenvalue weighted by atomic mass is 32.2. The number of rotatable bonds is 4. The van der Waals surface area contributed by atoms with Gasteiger partial charge in [-0.25, -0.2) is 8.42 Å². The Labute approximate surface area is 139 Å². The summed E-state index contributed by atoms with van der Waals surface area (Å²) in [6.45, 7) is 1.11. The summed E-state index contributed by atoms with van der Waals surface area (Å²) in [4.78, 5) is 12.3. The van der Waals surface area contributed by atoms with E-state index in [9.17, 15) is 17.6 Å². The van der Waals surface area contributed by atoms with Gasteiger partial charge in [0.15, 0.2) is 0 Å². The monoisotopic (exact) mass is 349 g/mol. The first kappa shape index (κ1) is 16.6. The van der Waals surface area contributed by atoms with Gasteiger partial charge in [-0.3, -0.25) is 4.79 Å². The molecule has 1 heterocycles. The van der Waals surface area contributed by atoms with Crippen LogP contribution in [0.1, 0.15) is 15.9 Å². The molecule has 126 valence electrons. The standard InChI is InChI=1S/C17H16FNO4S/c1-12-7-9-13(10-8-12)24(21,22)19(2)11-17(18)16(20)14-5-3-4-6-15(14)23-17/h3-10H,11H2,1-2H3. The number of benzene rings is 2. The zero-order chi connectivity index (χ0) is 17.5. The van der Waals surface area contributed by atoms with E-state index in [0.29, 0.717) is 0 Å². The Morgan fingerprint density at radius 1 is 1.12 bits per heavy atom. The van der Waals surface area contributed by atoms with E-state index in [0.717, 1.165) is 9.87 Å². The van der Waals surface area contributed by atoms with E-state index in [1.165, 1.54) is 31.3 Å². The van der Waals surface area contributed by atoms with Crippen LogP contribution in [0, 0.1) is 6.92 Å². The van der Waals surface area contributed by atoms with Gasteiger partial charge in [0.1, 0.15) is 5.75 Å². The number of aryl methyl sites for hydroxylation is 1. The molecule has 24 heavy (non-hydrogen) atoms. The zero-order valence-corrected chi connectivity index (χ0v) is 14.0. The van der Waals surface area contributed by atoms with Crippen LogP contribution in [0.5, 0.6) is 5.75 Å². The molecule has 0 saturated heterocycles. The highest BCUT2D eigenvalue weighted by Gasteiger charge is 2.50. The third kappa shape index (κ3) is 2.70. The molecule has 0 aliphatic carbocycles. The summed E-state index contributed by atoms with van der Waals surface area (Å²) in [5, 5.41) is 0. The number of alkyl halides is 1. The van der Waals surface area contributed by atoms with Crippen molar-refractivity contribution in [2.75, 3.05) is 13.6 Å². The fourth-order valence-corrected chi connectivity index (χ4v) is 3.71. The number of sulfonamides is 1. The van der Waals surface area contributed by atoms with Crippen molar-refractivity contribution in [2.45, 2.75) is 17.7 Å². The van der Waals surface area contributed by atoms with E-state index in [-0.39, 0.29) is 16.2 Å². The summed E-state index contributed by atoms with van der Waals surface area (Å²) >= 11 is 0. The first-order valence-corrected chi connectivity index (χ1v) is 8.73. The van der Waals surface area contributed by atoms with Crippen LogP contribution in [0.3, 0.4) is 0 Å². The van der Waals surface area contributed by atoms with Gasteiger partial charge in [-0.15, -0.1) is 0 Å². The van der Waals surface area contributed by atoms with E-state index >= 15 is 0 Å². The maximum atomic E-state index is 15.0. The molecule has 0 amide bonds. The van der Waals surface area contributed by atoms with Crippen LogP contribution < -0.4 is 4.74 Å². The Kier molecular flexibility index (Phi) is 3.93. The maximum Gasteiger partial charge on any atom is 0.325 e. The van der Waals surface area contributed by atoms with Crippen molar-refractivity contribution in [3.05, 3.63) is 59.7 Å². The van der Waals surface area contributed by atoms with Crippen LogP contribution in [-0.2, 0) is 10.0 Å². The van der Waals surface area contributed by atoms with E-state index in [2.05, 4.69) is 0 Å². The molecule has 0 fully saturated rings. The molecule has 2 aromatic rings. The number of para-hydroxylation sites is 1. The highest BCUT2D eigenvalue weighted by molar-refractivity contribution is 7.89. The number of ether oxygens (including phenoxy) is 1. The van der Waals surface area contributed by atoms with Crippen LogP contribution in [0.4, 0.5) is 4.39 Å². The lowest BCUT2D eigenvalue weighted by Crippen LogP contribution is -2.47. The van der Waals surface area contributed by atoms with Gasteiger partial charge in [0.2, 0.25) is 15.8 Å². The molecule has 0 saturated carbocycles. The summed E-state index contributed by atoms with van der Waals surface area (Å²) in [6, 6.07) is 12.3. The van der Waals surface area contributed by atoms with Crippen LogP contribution in [0.2, 0.25) is 0 Å². The molecule has 0 aromatic heterocycles. The summed E-state index contributed by atoms with van der Waals surface area (Å²) in [6.07, 6.45) is 0. The molecule has 0 spiro atoms. The van der Waals surface area contributed by atoms with Crippen molar-refractivity contribution in [1.29, 1.82) is 0 Å². The minimum Gasteiger partial charge on any atom is -0.449 e. The van der Waals surface area contributed by atoms with Gasteiger partial charge in [0.25, 0.3) is 0 Å². The predicted molar refractivity (Wildman–Crippen MR) is 86.2 cm³/mol. The van der Waals surface area contributed by atoms with Crippen LogP contribution in [0.15, 0.2) is 53.4 Å². The average Bonchev–Trinajstić information content (AvgIpc) is 2.79. The van der Waals surface area contributed by atoms with Crippen molar-refractivity contribution >= 4 is 15.8 Å². The molecule has 0 bridgehead atoms. The van der Waals surface area contributed by atoms with Crippen molar-refractivity contribution in [3.8, 4) is 5.75 Å². The maximum absolute atomic E-state index is 15.0. The number of fused-ring (bicyclic) bond motifs is 1. The molecule has 1 aliphatic heterocycles. The fourth-order valence-electron chi connectivity index (χ4n) is 2.53. The lowest BCUT2D eigenvalue weighted by Gasteiger charge is -2.24. The van der Waals surface area contributed by atoms with Gasteiger partial charge in [-0.2, -0.15) is 8.70 Å². The molecule has 3 rings (SSSR count). The number of halogens is 1. The molecule has 0 N–H and O–H groups in total. The Hall–Kier alpha value is -2.25. The third-order valence-electron chi connectivity index (χ3n) is 3.90. The molecule has 1 aliphatic rings. The smallest absolute Gasteiger partial charge is 0.325 e. The highest BCUT2D eigenvalue weighted by Crippen LogP contribution is 2.36. The van der Waals surface area contributed by atoms with Gasteiger partial charge in [-0.05, 0) is 31.2 Å². The number of nitrogens with zero attached hydrogens (tertiary/aromatic N) is 1. The molecule has 7 heteroatoms. The quantitative estimate of drug-likeness (QED) is 0.851. The second-order valence-corrected chi connectivity index (χ2v) is 7.77. The number of ketones is 1. The number of hydrogen-bond donors (Lipinski definition) is 0. The second kappa shape index (κ2) is 5.68. The number of carbonyl (C=O) groups is 1. The Bertz CT molecular complexity index is 895. The summed E-state index contributed by atoms with van der Waals surface area (Å²) < 4.78 is 46.0. The van der Waals surface area contributed by atoms with Gasteiger partial charge in [0.05, 0.1) is 17.0 Å². The zero-order valence-electron chi connectivity index (χ0n) is 13.2. The minimum atomic E-state index is -3.93. The largest absolute Gasteiger partial charge is 0.449 e. The Morgan fingerprint density at radius 3 is 2.38 bits per heavy atom. The summed E-state index contributed by atoms with van der Waals surface area (Å²) in [5.41, 5.74) is 1.02. The minimum absolute atomic E-state index is 0.0298. The topological polar surface area (TPSA) is 63.7 Å². The number of carbonyl (C=O) groups excluding carboxylic acids is 1. The van der Waals surface area contributed by atoms with Crippen molar-refractivity contribution in [3.63, 3.8) is 0 Å². The lowest BCUT2D eigenvalue weighted by atomic mass is 10.1. The Balaban J connectivity index is 1.86. The molecule has 5 nitrogen and oxygen atoms in total. The molecular weight excluding hydrogens is 333 g/mol. The van der Waals surface area contributed by atoms with Gasteiger partial charge >= 0.3 is 5.85 Å². The third-order valence-corrected chi connectivity index (χ3v) is 5.72. The van der Waals surface area contributed by atoms with E-state index < -0.39 is 28.2 Å². The summed E-state index contributed by atoms with van der Waals surface area (Å²) in [5.74, 6) is -3.48. The van der Waals surface area contributed by atoms with Crippen molar-refractivity contribution < 1.29 is 22.3 Å². The number of hydrogen-bond acceptors (Lipinski definition) is 4. The van der Waals surface area contributed by atoms with Gasteiger partial charge in [0, 0.05) is 7.05 Å². The van der Waals surface area contributed by atoms with E-state index in [4.69, 9.17) is 4.74 Å². The Morgan fingerprint density at radius 2 is 1.75 bits per heavy atom. The average molecular weight is 349 g/mol. The molecular formula is C17H16FNO4S. The fraction of sp³-hybridized carbons (Fsp3) is 0.235. The first-order valence-electron chi connectivity index (χ1n) is 7.29. The van der Waals surface area contributed by atoms with Crippen molar-refractivity contribution in [1.82, 2.24) is 4.31 Å². The van der Waals surface area contributed by atoms with Crippen molar-refractivity contribution in [2.24, 2.45) is 0 Å². The molecule has 0 radical (unpaired) electrons. The van der Waals surface area contributed by atoms with Crippen LogP contribution in [0.25, 0.3) is 0 Å². The van der Waals surface area contributed by atoms with E-state index in [1.807, 2.05) is 6.92 Å². The molecule has 1 unspecified atom stereocenters. The van der Waals surface area contributed by atoms with E-state index in [1.54, 1.807) is 24.3 Å². The number of likely N-dealkylation sites (N-methyl/N-ethyl adjacent to an activating group) is 1. The van der Waals surface area contributed by atoms with Gasteiger partial charge in [-0.1, -0.05) is 29.8 Å². The molecule has 2 aromatic carbocycles. The SMILES string of the molecule is Cc1ccc(S(=O)(=O)N(C)CC2(F)Oc3ccccc3C2=O)cc1. The second-order valence-electron chi connectivity index (χ2n) is 5.73. The van der Waals surface area contributed by atoms with Crippen LogP contribution >= 0.6 is 0 Å².